The lowest BCUT2D eigenvalue weighted by molar-refractivity contribution is -0.129. The van der Waals surface area contributed by atoms with Gasteiger partial charge in [-0.2, -0.15) is 0 Å². The van der Waals surface area contributed by atoms with E-state index in [0.717, 1.165) is 11.6 Å². The molecule has 114 valence electrons. The minimum Gasteiger partial charge on any atom is -0.493 e. The molecule has 0 aliphatic carbocycles. The van der Waals surface area contributed by atoms with Crippen molar-refractivity contribution < 1.29 is 19.0 Å². The number of esters is 1. The molecule has 0 unspecified atom stereocenters. The molecule has 0 aromatic heterocycles. The topological polar surface area (TPSA) is 70.8 Å². The second-order valence-electron chi connectivity index (χ2n) is 4.41. The van der Waals surface area contributed by atoms with Gasteiger partial charge >= 0.3 is 5.97 Å². The van der Waals surface area contributed by atoms with Crippen LogP contribution in [0.25, 0.3) is 0 Å². The number of carbonyl (C=O) groups is 1. The molecule has 0 aliphatic heterocycles. The van der Waals surface area contributed by atoms with E-state index in [0.29, 0.717) is 12.4 Å². The van der Waals surface area contributed by atoms with Crippen LogP contribution in [0.5, 0.6) is 17.2 Å². The molecule has 0 bridgehead atoms. The summed E-state index contributed by atoms with van der Waals surface area (Å²) in [5.41, 5.74) is 7.11. The van der Waals surface area contributed by atoms with E-state index in [4.69, 9.17) is 19.9 Å². The third-order valence-electron chi connectivity index (χ3n) is 2.92. The molecule has 0 aliphatic rings. The maximum atomic E-state index is 11.5. The summed E-state index contributed by atoms with van der Waals surface area (Å²) in [5.74, 6) is 0.211. The Hall–Kier alpha value is -2.95. The van der Waals surface area contributed by atoms with Gasteiger partial charge in [-0.1, -0.05) is 36.9 Å². The summed E-state index contributed by atoms with van der Waals surface area (Å²) in [7, 11) is 1.50. The number of nitrogen functional groups attached to an aromatic ring is 1. The van der Waals surface area contributed by atoms with Crippen LogP contribution in [-0.4, -0.2) is 13.1 Å². The Balaban J connectivity index is 2.31. The molecular formula is C17H17NO4. The first-order valence-electron chi connectivity index (χ1n) is 6.63. The molecule has 2 aromatic carbocycles. The highest BCUT2D eigenvalue weighted by Gasteiger charge is 2.18. The van der Waals surface area contributed by atoms with E-state index in [1.165, 1.54) is 7.11 Å². The monoisotopic (exact) mass is 299 g/mol. The molecule has 5 heteroatoms. The fourth-order valence-electron chi connectivity index (χ4n) is 1.83. The van der Waals surface area contributed by atoms with Crippen molar-refractivity contribution in [3.8, 4) is 17.2 Å². The zero-order valence-corrected chi connectivity index (χ0v) is 12.2. The largest absolute Gasteiger partial charge is 0.493 e. The zero-order valence-electron chi connectivity index (χ0n) is 12.2. The van der Waals surface area contributed by atoms with Crippen molar-refractivity contribution in [3.05, 3.63) is 60.7 Å². The van der Waals surface area contributed by atoms with Gasteiger partial charge in [-0.3, -0.25) is 0 Å². The smallest absolute Gasteiger partial charge is 0.335 e. The summed E-state index contributed by atoms with van der Waals surface area (Å²) in [6, 6.07) is 12.8. The first-order chi connectivity index (χ1) is 10.7. The maximum Gasteiger partial charge on any atom is 0.335 e. The van der Waals surface area contributed by atoms with Crippen LogP contribution in [0.3, 0.4) is 0 Å². The number of nitrogens with two attached hydrogens (primary N) is 1. The second kappa shape index (κ2) is 7.17. The molecule has 0 fully saturated rings. The van der Waals surface area contributed by atoms with E-state index in [-0.39, 0.29) is 17.2 Å². The van der Waals surface area contributed by atoms with Gasteiger partial charge in [0, 0.05) is 6.08 Å². The van der Waals surface area contributed by atoms with Gasteiger partial charge in [-0.15, -0.1) is 0 Å². The third-order valence-corrected chi connectivity index (χ3v) is 2.92. The van der Waals surface area contributed by atoms with Crippen LogP contribution in [0, 0.1) is 0 Å². The Morgan fingerprint density at radius 1 is 1.18 bits per heavy atom. The molecule has 2 rings (SSSR count). The summed E-state index contributed by atoms with van der Waals surface area (Å²) in [4.78, 5) is 11.5. The average Bonchev–Trinajstić information content (AvgIpc) is 2.56. The maximum absolute atomic E-state index is 11.5. The van der Waals surface area contributed by atoms with Crippen LogP contribution >= 0.6 is 0 Å². The SMILES string of the molecule is C=CC(=O)Oc1c(N)ccc(OC)c1OCc1ccccc1. The predicted molar refractivity (Wildman–Crippen MR) is 84.0 cm³/mol. The summed E-state index contributed by atoms with van der Waals surface area (Å²) < 4.78 is 16.2. The molecule has 2 aromatic rings. The van der Waals surface area contributed by atoms with Gasteiger partial charge < -0.3 is 19.9 Å². The van der Waals surface area contributed by atoms with Crippen LogP contribution < -0.4 is 19.9 Å². The molecule has 0 amide bonds. The van der Waals surface area contributed by atoms with Gasteiger partial charge in [0.1, 0.15) is 6.61 Å². The molecule has 2 N–H and O–H groups in total. The van der Waals surface area contributed by atoms with E-state index in [9.17, 15) is 4.79 Å². The van der Waals surface area contributed by atoms with E-state index in [1.54, 1.807) is 12.1 Å². The number of methoxy groups -OCH3 is 1. The Kier molecular flexibility index (Phi) is 5.03. The molecule has 5 nitrogen and oxygen atoms in total. The minimum absolute atomic E-state index is 0.125. The van der Waals surface area contributed by atoms with Gasteiger partial charge in [-0.05, 0) is 17.7 Å². The van der Waals surface area contributed by atoms with Crippen LogP contribution in [0.2, 0.25) is 0 Å². The molecule has 0 radical (unpaired) electrons. The van der Waals surface area contributed by atoms with Crippen LogP contribution in [0.4, 0.5) is 5.69 Å². The summed E-state index contributed by atoms with van der Waals surface area (Å²) >= 11 is 0. The summed E-state index contributed by atoms with van der Waals surface area (Å²) in [6.07, 6.45) is 1.06. The predicted octanol–water partition coefficient (Wildman–Crippen LogP) is 2.95. The van der Waals surface area contributed by atoms with Crippen molar-refractivity contribution in [1.82, 2.24) is 0 Å². The summed E-state index contributed by atoms with van der Waals surface area (Å²) in [5, 5.41) is 0. The minimum atomic E-state index is -0.621. The van der Waals surface area contributed by atoms with Crippen molar-refractivity contribution in [2.45, 2.75) is 6.61 Å². The standard InChI is InChI=1S/C17H17NO4/c1-3-15(19)22-16-13(18)9-10-14(20-2)17(16)21-11-12-7-5-4-6-8-12/h3-10H,1,11,18H2,2H3. The Labute approximate surface area is 128 Å². The molecular weight excluding hydrogens is 282 g/mol. The molecule has 22 heavy (non-hydrogen) atoms. The number of carbonyl (C=O) groups excluding carboxylic acids is 1. The van der Waals surface area contributed by atoms with Gasteiger partial charge in [0.25, 0.3) is 0 Å². The Morgan fingerprint density at radius 3 is 2.55 bits per heavy atom. The third kappa shape index (κ3) is 3.58. The first-order valence-corrected chi connectivity index (χ1v) is 6.63. The highest BCUT2D eigenvalue weighted by Crippen LogP contribution is 2.42. The Bertz CT molecular complexity index is 668. The van der Waals surface area contributed by atoms with Gasteiger partial charge in [0.05, 0.1) is 12.8 Å². The number of benzene rings is 2. The molecule has 0 spiro atoms. The van der Waals surface area contributed by atoms with Crippen LogP contribution in [0.1, 0.15) is 5.56 Å². The zero-order chi connectivity index (χ0) is 15.9. The van der Waals surface area contributed by atoms with Gasteiger partial charge in [-0.25, -0.2) is 4.79 Å². The molecule has 0 saturated heterocycles. The number of ether oxygens (including phenoxy) is 3. The number of hydrogen-bond donors (Lipinski definition) is 1. The van der Waals surface area contributed by atoms with Crippen LogP contribution in [0.15, 0.2) is 55.1 Å². The van der Waals surface area contributed by atoms with Gasteiger partial charge in [0.15, 0.2) is 11.5 Å². The fraction of sp³-hybridized carbons (Fsp3) is 0.118. The normalized spacial score (nSPS) is 9.86. The molecule has 0 saturated carbocycles. The van der Waals surface area contributed by atoms with Crippen molar-refractivity contribution in [2.75, 3.05) is 12.8 Å². The second-order valence-corrected chi connectivity index (χ2v) is 4.41. The van der Waals surface area contributed by atoms with Crippen LogP contribution in [-0.2, 0) is 11.4 Å². The van der Waals surface area contributed by atoms with Crippen molar-refractivity contribution >= 4 is 11.7 Å². The molecule has 0 atom stereocenters. The Morgan fingerprint density at radius 2 is 1.91 bits per heavy atom. The van der Waals surface area contributed by atoms with E-state index in [1.807, 2.05) is 30.3 Å². The molecule has 0 heterocycles. The van der Waals surface area contributed by atoms with Gasteiger partial charge in [0.2, 0.25) is 5.75 Å². The first kappa shape index (κ1) is 15.4. The quantitative estimate of drug-likeness (QED) is 0.384. The van der Waals surface area contributed by atoms with Crippen molar-refractivity contribution in [3.63, 3.8) is 0 Å². The number of hydrogen-bond acceptors (Lipinski definition) is 5. The fourth-order valence-corrected chi connectivity index (χ4v) is 1.83. The van der Waals surface area contributed by atoms with E-state index in [2.05, 4.69) is 6.58 Å². The summed E-state index contributed by atoms with van der Waals surface area (Å²) in [6.45, 7) is 3.66. The van der Waals surface area contributed by atoms with E-state index < -0.39 is 5.97 Å². The lowest BCUT2D eigenvalue weighted by Gasteiger charge is -2.16. The van der Waals surface area contributed by atoms with Crippen molar-refractivity contribution in [2.24, 2.45) is 0 Å². The highest BCUT2D eigenvalue weighted by atomic mass is 16.6. The highest BCUT2D eigenvalue weighted by molar-refractivity contribution is 5.85. The average molecular weight is 299 g/mol. The lowest BCUT2D eigenvalue weighted by Crippen LogP contribution is -2.08. The van der Waals surface area contributed by atoms with Crippen molar-refractivity contribution in [1.29, 1.82) is 0 Å². The van der Waals surface area contributed by atoms with E-state index >= 15 is 0 Å². The number of anilines is 1. The lowest BCUT2D eigenvalue weighted by atomic mass is 10.2. The number of rotatable bonds is 6.